The molecule has 1 heterocycles. The molecular weight excluding hydrogens is 256 g/mol. The number of nitrogens with one attached hydrogen (secondary N) is 1. The summed E-state index contributed by atoms with van der Waals surface area (Å²) in [5.41, 5.74) is 0. The van der Waals surface area contributed by atoms with Crippen molar-refractivity contribution in [2.75, 3.05) is 26.2 Å². The smallest absolute Gasteiger partial charge is 0.307 e. The molecular formula is C15H26N2O3. The first-order valence-electron chi connectivity index (χ1n) is 7.91. The first-order chi connectivity index (χ1) is 9.68. The van der Waals surface area contributed by atoms with Crippen LogP contribution in [0.5, 0.6) is 0 Å². The third-order valence-electron chi connectivity index (χ3n) is 4.60. The standard InChI is InChI=1S/C15H26N2O3/c18-14(12-6-2-3-7-13(12)15(19)20)16-8-11-17-9-4-1-5-10-17/h12-13H,1-11H2,(H,16,18)(H,19,20)/t12-,13-/m0/s1. The molecule has 0 spiro atoms. The summed E-state index contributed by atoms with van der Waals surface area (Å²) in [6.07, 6.45) is 7.05. The summed E-state index contributed by atoms with van der Waals surface area (Å²) < 4.78 is 0. The number of hydrogen-bond acceptors (Lipinski definition) is 3. The van der Waals surface area contributed by atoms with Crippen LogP contribution in [-0.2, 0) is 9.59 Å². The number of aliphatic carboxylic acids is 1. The SMILES string of the molecule is O=C(O)[C@H]1CCCC[C@@H]1C(=O)NCCN1CCCCC1. The van der Waals surface area contributed by atoms with Gasteiger partial charge in [-0.1, -0.05) is 19.3 Å². The fourth-order valence-electron chi connectivity index (χ4n) is 3.39. The molecule has 2 aliphatic rings. The lowest BCUT2D eigenvalue weighted by Crippen LogP contribution is -2.43. The monoisotopic (exact) mass is 282 g/mol. The van der Waals surface area contributed by atoms with Crippen LogP contribution in [0.1, 0.15) is 44.9 Å². The zero-order valence-corrected chi connectivity index (χ0v) is 12.1. The van der Waals surface area contributed by atoms with Gasteiger partial charge < -0.3 is 15.3 Å². The van der Waals surface area contributed by atoms with E-state index in [1.54, 1.807) is 0 Å². The van der Waals surface area contributed by atoms with E-state index in [-0.39, 0.29) is 11.8 Å². The Bertz CT molecular complexity index is 340. The molecule has 2 atom stereocenters. The van der Waals surface area contributed by atoms with Crippen LogP contribution in [0.2, 0.25) is 0 Å². The van der Waals surface area contributed by atoms with Crippen molar-refractivity contribution in [3.63, 3.8) is 0 Å². The van der Waals surface area contributed by atoms with Gasteiger partial charge in [-0.15, -0.1) is 0 Å². The largest absolute Gasteiger partial charge is 0.481 e. The molecule has 0 unspecified atom stereocenters. The van der Waals surface area contributed by atoms with Crippen LogP contribution in [0.3, 0.4) is 0 Å². The first-order valence-corrected chi connectivity index (χ1v) is 7.91. The van der Waals surface area contributed by atoms with Crippen LogP contribution in [0.4, 0.5) is 0 Å². The molecule has 1 aliphatic carbocycles. The summed E-state index contributed by atoms with van der Waals surface area (Å²) in [6.45, 7) is 3.77. The highest BCUT2D eigenvalue weighted by atomic mass is 16.4. The van der Waals surface area contributed by atoms with E-state index in [2.05, 4.69) is 10.2 Å². The molecule has 0 aromatic rings. The highest BCUT2D eigenvalue weighted by Crippen LogP contribution is 2.30. The van der Waals surface area contributed by atoms with E-state index in [1.165, 1.54) is 19.3 Å². The normalized spacial score (nSPS) is 28.0. The van der Waals surface area contributed by atoms with Gasteiger partial charge in [-0.3, -0.25) is 9.59 Å². The fraction of sp³-hybridized carbons (Fsp3) is 0.867. The fourth-order valence-corrected chi connectivity index (χ4v) is 3.39. The lowest BCUT2D eigenvalue weighted by atomic mass is 9.79. The van der Waals surface area contributed by atoms with Crippen molar-refractivity contribution in [2.45, 2.75) is 44.9 Å². The summed E-state index contributed by atoms with van der Waals surface area (Å²) in [6, 6.07) is 0. The summed E-state index contributed by atoms with van der Waals surface area (Å²) in [4.78, 5) is 25.7. The van der Waals surface area contributed by atoms with Gasteiger partial charge in [-0.05, 0) is 38.8 Å². The quantitative estimate of drug-likeness (QED) is 0.801. The number of carboxylic acid groups (broad SMARTS) is 1. The molecule has 2 fully saturated rings. The third-order valence-corrected chi connectivity index (χ3v) is 4.60. The van der Waals surface area contributed by atoms with Crippen molar-refractivity contribution >= 4 is 11.9 Å². The molecule has 0 bridgehead atoms. The maximum atomic E-state index is 12.2. The molecule has 5 heteroatoms. The van der Waals surface area contributed by atoms with E-state index >= 15 is 0 Å². The predicted molar refractivity (Wildman–Crippen MR) is 76.4 cm³/mol. The summed E-state index contributed by atoms with van der Waals surface area (Å²) >= 11 is 0. The minimum absolute atomic E-state index is 0.0610. The van der Waals surface area contributed by atoms with E-state index in [1.807, 2.05) is 0 Å². The maximum absolute atomic E-state index is 12.2. The van der Waals surface area contributed by atoms with Gasteiger partial charge in [0.05, 0.1) is 11.8 Å². The second-order valence-electron chi connectivity index (χ2n) is 6.03. The number of nitrogens with zero attached hydrogens (tertiary/aromatic N) is 1. The molecule has 0 aromatic carbocycles. The van der Waals surface area contributed by atoms with Crippen LogP contribution in [0, 0.1) is 11.8 Å². The minimum Gasteiger partial charge on any atom is -0.481 e. The Morgan fingerprint density at radius 2 is 1.65 bits per heavy atom. The Labute approximate surface area is 120 Å². The van der Waals surface area contributed by atoms with Gasteiger partial charge in [0.2, 0.25) is 5.91 Å². The van der Waals surface area contributed by atoms with Gasteiger partial charge in [0.25, 0.3) is 0 Å². The lowest BCUT2D eigenvalue weighted by molar-refractivity contribution is -0.148. The third kappa shape index (κ3) is 4.20. The van der Waals surface area contributed by atoms with Crippen molar-refractivity contribution in [2.24, 2.45) is 11.8 Å². The Balaban J connectivity index is 1.73. The predicted octanol–water partition coefficient (Wildman–Crippen LogP) is 1.48. The van der Waals surface area contributed by atoms with Gasteiger partial charge in [0.1, 0.15) is 0 Å². The molecule has 1 saturated heterocycles. The molecule has 2 rings (SSSR count). The molecule has 1 amide bonds. The van der Waals surface area contributed by atoms with Crippen molar-refractivity contribution in [1.29, 1.82) is 0 Å². The molecule has 2 N–H and O–H groups in total. The number of carbonyl (C=O) groups excluding carboxylic acids is 1. The van der Waals surface area contributed by atoms with Gasteiger partial charge >= 0.3 is 5.97 Å². The van der Waals surface area contributed by atoms with Gasteiger partial charge in [-0.25, -0.2) is 0 Å². The maximum Gasteiger partial charge on any atom is 0.307 e. The zero-order valence-electron chi connectivity index (χ0n) is 12.1. The van der Waals surface area contributed by atoms with Crippen LogP contribution >= 0.6 is 0 Å². The van der Waals surface area contributed by atoms with E-state index < -0.39 is 11.9 Å². The van der Waals surface area contributed by atoms with E-state index in [4.69, 9.17) is 0 Å². The number of rotatable bonds is 5. The average Bonchev–Trinajstić information content (AvgIpc) is 2.48. The molecule has 0 aromatic heterocycles. The second-order valence-corrected chi connectivity index (χ2v) is 6.03. The summed E-state index contributed by atoms with van der Waals surface area (Å²) in [7, 11) is 0. The number of carboxylic acids is 1. The van der Waals surface area contributed by atoms with E-state index in [9.17, 15) is 14.7 Å². The second kappa shape index (κ2) is 7.62. The van der Waals surface area contributed by atoms with Crippen molar-refractivity contribution in [3.8, 4) is 0 Å². The van der Waals surface area contributed by atoms with E-state index in [0.29, 0.717) is 19.4 Å². The summed E-state index contributed by atoms with van der Waals surface area (Å²) in [5, 5.41) is 12.1. The van der Waals surface area contributed by atoms with Gasteiger partial charge in [0, 0.05) is 13.1 Å². The Morgan fingerprint density at radius 3 is 2.30 bits per heavy atom. The van der Waals surface area contributed by atoms with Crippen molar-refractivity contribution in [1.82, 2.24) is 10.2 Å². The average molecular weight is 282 g/mol. The summed E-state index contributed by atoms with van der Waals surface area (Å²) in [5.74, 6) is -1.70. The highest BCUT2D eigenvalue weighted by Gasteiger charge is 2.35. The number of amides is 1. The Kier molecular flexibility index (Phi) is 5.83. The van der Waals surface area contributed by atoms with Gasteiger partial charge in [-0.2, -0.15) is 0 Å². The van der Waals surface area contributed by atoms with E-state index in [0.717, 1.165) is 32.5 Å². The number of hydrogen-bond donors (Lipinski definition) is 2. The highest BCUT2D eigenvalue weighted by molar-refractivity contribution is 5.84. The van der Waals surface area contributed by atoms with Crippen LogP contribution in [0.25, 0.3) is 0 Å². The van der Waals surface area contributed by atoms with Crippen LogP contribution in [0.15, 0.2) is 0 Å². The number of carbonyl (C=O) groups is 2. The lowest BCUT2D eigenvalue weighted by Gasteiger charge is -2.29. The number of likely N-dealkylation sites (tertiary alicyclic amines) is 1. The van der Waals surface area contributed by atoms with Crippen LogP contribution in [-0.4, -0.2) is 48.1 Å². The molecule has 5 nitrogen and oxygen atoms in total. The molecule has 1 aliphatic heterocycles. The van der Waals surface area contributed by atoms with Crippen molar-refractivity contribution < 1.29 is 14.7 Å². The Morgan fingerprint density at radius 1 is 1.00 bits per heavy atom. The molecule has 0 radical (unpaired) electrons. The van der Waals surface area contributed by atoms with Crippen LogP contribution < -0.4 is 5.32 Å². The molecule has 114 valence electrons. The first kappa shape index (κ1) is 15.3. The number of piperidine rings is 1. The molecule has 1 saturated carbocycles. The van der Waals surface area contributed by atoms with Gasteiger partial charge in [0.15, 0.2) is 0 Å². The van der Waals surface area contributed by atoms with Crippen molar-refractivity contribution in [3.05, 3.63) is 0 Å². The topological polar surface area (TPSA) is 69.6 Å². The Hall–Kier alpha value is -1.10. The zero-order chi connectivity index (χ0) is 14.4. The molecule has 20 heavy (non-hydrogen) atoms. The minimum atomic E-state index is -0.819.